The normalized spacial score (nSPS) is 19.2. The molecule has 1 atom stereocenters. The molecule has 2 heterocycles. The average Bonchev–Trinajstić information content (AvgIpc) is 2.95. The Balaban J connectivity index is 1.92. The zero-order valence-corrected chi connectivity index (χ0v) is 10.5. The minimum atomic E-state index is -1.54. The number of aromatic nitrogens is 2. The third-order valence-electron chi connectivity index (χ3n) is 3.37. The van der Waals surface area contributed by atoms with Gasteiger partial charge in [0.05, 0.1) is 5.56 Å². The van der Waals surface area contributed by atoms with E-state index >= 15 is 0 Å². The summed E-state index contributed by atoms with van der Waals surface area (Å²) in [5.41, 5.74) is -0.230. The highest BCUT2D eigenvalue weighted by atomic mass is 19.2. The lowest BCUT2D eigenvalue weighted by Crippen LogP contribution is -2.28. The van der Waals surface area contributed by atoms with Crippen LogP contribution >= 0.6 is 0 Å². The van der Waals surface area contributed by atoms with Gasteiger partial charge in [0.1, 0.15) is 0 Å². The molecule has 0 bridgehead atoms. The van der Waals surface area contributed by atoms with Gasteiger partial charge in [0.2, 0.25) is 0 Å². The Morgan fingerprint density at radius 2 is 2.05 bits per heavy atom. The van der Waals surface area contributed by atoms with Gasteiger partial charge in [-0.1, -0.05) is 5.16 Å². The molecule has 106 valence electrons. The summed E-state index contributed by atoms with van der Waals surface area (Å²) in [6, 6.07) is 1.92. The molecule has 1 aliphatic heterocycles. The van der Waals surface area contributed by atoms with E-state index in [4.69, 9.17) is 4.52 Å². The van der Waals surface area contributed by atoms with Crippen LogP contribution in [0.1, 0.15) is 24.6 Å². The Morgan fingerprint density at radius 3 is 2.80 bits per heavy atom. The lowest BCUT2D eigenvalue weighted by molar-refractivity contribution is 0.390. The summed E-state index contributed by atoms with van der Waals surface area (Å²) < 4.78 is 44.7. The molecule has 1 unspecified atom stereocenters. The van der Waals surface area contributed by atoms with Gasteiger partial charge < -0.3 is 9.84 Å². The van der Waals surface area contributed by atoms with Gasteiger partial charge in [0, 0.05) is 12.5 Å². The summed E-state index contributed by atoms with van der Waals surface area (Å²) in [6.45, 7) is 1.66. The predicted molar refractivity (Wildman–Crippen MR) is 64.5 cm³/mol. The van der Waals surface area contributed by atoms with E-state index in [-0.39, 0.29) is 17.4 Å². The first-order valence-corrected chi connectivity index (χ1v) is 6.35. The van der Waals surface area contributed by atoms with E-state index in [1.165, 1.54) is 0 Å². The van der Waals surface area contributed by atoms with Crippen molar-refractivity contribution in [2.45, 2.75) is 18.8 Å². The fourth-order valence-electron chi connectivity index (χ4n) is 2.27. The molecule has 20 heavy (non-hydrogen) atoms. The quantitative estimate of drug-likeness (QED) is 0.861. The van der Waals surface area contributed by atoms with Gasteiger partial charge in [-0.15, -0.1) is 0 Å². The van der Waals surface area contributed by atoms with Gasteiger partial charge in [0.15, 0.2) is 23.3 Å². The number of halogens is 3. The third kappa shape index (κ3) is 2.29. The molecule has 0 saturated carbocycles. The zero-order valence-electron chi connectivity index (χ0n) is 10.5. The average molecular weight is 283 g/mol. The van der Waals surface area contributed by atoms with Crippen molar-refractivity contribution >= 4 is 0 Å². The Hall–Kier alpha value is -1.89. The number of piperidine rings is 1. The maximum absolute atomic E-state index is 13.6. The highest BCUT2D eigenvalue weighted by Gasteiger charge is 2.23. The minimum Gasteiger partial charge on any atom is -0.334 e. The molecule has 0 amide bonds. The van der Waals surface area contributed by atoms with Crippen LogP contribution in [0.15, 0.2) is 16.7 Å². The highest BCUT2D eigenvalue weighted by Crippen LogP contribution is 2.27. The van der Waals surface area contributed by atoms with Gasteiger partial charge in [-0.3, -0.25) is 0 Å². The van der Waals surface area contributed by atoms with E-state index in [1.54, 1.807) is 0 Å². The summed E-state index contributed by atoms with van der Waals surface area (Å²) >= 11 is 0. The maximum Gasteiger partial charge on any atom is 0.261 e. The van der Waals surface area contributed by atoms with E-state index in [0.29, 0.717) is 5.82 Å². The summed E-state index contributed by atoms with van der Waals surface area (Å²) in [5.74, 6) is -3.70. The lowest BCUT2D eigenvalue weighted by Gasteiger charge is -2.19. The van der Waals surface area contributed by atoms with Crippen molar-refractivity contribution < 1.29 is 17.7 Å². The van der Waals surface area contributed by atoms with E-state index in [2.05, 4.69) is 15.5 Å². The van der Waals surface area contributed by atoms with Crippen LogP contribution in [0.25, 0.3) is 11.5 Å². The molecule has 1 fully saturated rings. The molecular formula is C13H12F3N3O. The van der Waals surface area contributed by atoms with Gasteiger partial charge in [-0.25, -0.2) is 13.2 Å². The SMILES string of the molecule is Fc1ccc(-c2nc(C3CCCNC3)no2)c(F)c1F. The van der Waals surface area contributed by atoms with Crippen LogP contribution in [-0.4, -0.2) is 23.2 Å². The molecule has 1 aromatic carbocycles. The summed E-state index contributed by atoms with van der Waals surface area (Å²) in [7, 11) is 0. The number of hydrogen-bond donors (Lipinski definition) is 1. The van der Waals surface area contributed by atoms with Crippen LogP contribution in [0.3, 0.4) is 0 Å². The van der Waals surface area contributed by atoms with Crippen molar-refractivity contribution in [1.82, 2.24) is 15.5 Å². The van der Waals surface area contributed by atoms with Gasteiger partial charge in [-0.05, 0) is 31.5 Å². The summed E-state index contributed by atoms with van der Waals surface area (Å²) in [4.78, 5) is 4.09. The van der Waals surface area contributed by atoms with Crippen LogP contribution in [0.2, 0.25) is 0 Å². The molecule has 1 N–H and O–H groups in total. The molecule has 1 saturated heterocycles. The number of hydrogen-bond acceptors (Lipinski definition) is 4. The number of nitrogens with zero attached hydrogens (tertiary/aromatic N) is 2. The standard InChI is InChI=1S/C13H12F3N3O/c14-9-4-3-8(10(15)11(9)16)13-18-12(19-20-13)7-2-1-5-17-6-7/h3-4,7,17H,1-2,5-6H2. The zero-order chi connectivity index (χ0) is 14.1. The predicted octanol–water partition coefficient (Wildman–Crippen LogP) is 2.62. The van der Waals surface area contributed by atoms with Crippen LogP contribution in [0, 0.1) is 17.5 Å². The Bertz CT molecular complexity index is 623. The second-order valence-corrected chi connectivity index (χ2v) is 4.72. The van der Waals surface area contributed by atoms with Crippen LogP contribution in [-0.2, 0) is 0 Å². The molecule has 3 rings (SSSR count). The second-order valence-electron chi connectivity index (χ2n) is 4.72. The monoisotopic (exact) mass is 283 g/mol. The minimum absolute atomic E-state index is 0.0922. The van der Waals surface area contributed by atoms with E-state index < -0.39 is 17.5 Å². The molecular weight excluding hydrogens is 271 g/mol. The van der Waals surface area contributed by atoms with Crippen LogP contribution in [0.4, 0.5) is 13.2 Å². The Kier molecular flexibility index (Phi) is 3.43. The fourth-order valence-corrected chi connectivity index (χ4v) is 2.27. The van der Waals surface area contributed by atoms with E-state index in [0.717, 1.165) is 38.1 Å². The molecule has 2 aromatic rings. The number of rotatable bonds is 2. The molecule has 7 heteroatoms. The van der Waals surface area contributed by atoms with Crippen molar-refractivity contribution in [2.75, 3.05) is 13.1 Å². The van der Waals surface area contributed by atoms with E-state index in [9.17, 15) is 13.2 Å². The first-order valence-electron chi connectivity index (χ1n) is 6.35. The largest absolute Gasteiger partial charge is 0.334 e. The first kappa shape index (κ1) is 13.1. The molecule has 0 spiro atoms. The maximum atomic E-state index is 13.6. The van der Waals surface area contributed by atoms with Gasteiger partial charge in [-0.2, -0.15) is 4.98 Å². The number of benzene rings is 1. The molecule has 0 aliphatic carbocycles. The highest BCUT2D eigenvalue weighted by molar-refractivity contribution is 5.54. The Morgan fingerprint density at radius 1 is 1.20 bits per heavy atom. The van der Waals surface area contributed by atoms with Crippen molar-refractivity contribution in [2.24, 2.45) is 0 Å². The molecule has 1 aliphatic rings. The van der Waals surface area contributed by atoms with Crippen LogP contribution in [0.5, 0.6) is 0 Å². The summed E-state index contributed by atoms with van der Waals surface area (Å²) in [5, 5.41) is 7.01. The van der Waals surface area contributed by atoms with Crippen LogP contribution < -0.4 is 5.32 Å². The topological polar surface area (TPSA) is 51.0 Å². The third-order valence-corrected chi connectivity index (χ3v) is 3.37. The molecule has 0 radical (unpaired) electrons. The van der Waals surface area contributed by atoms with Gasteiger partial charge >= 0.3 is 0 Å². The van der Waals surface area contributed by atoms with Crippen molar-refractivity contribution in [3.63, 3.8) is 0 Å². The summed E-state index contributed by atoms with van der Waals surface area (Å²) in [6.07, 6.45) is 1.90. The van der Waals surface area contributed by atoms with Crippen molar-refractivity contribution in [3.05, 3.63) is 35.4 Å². The number of nitrogens with one attached hydrogen (secondary N) is 1. The lowest BCUT2D eigenvalue weighted by atomic mass is 9.99. The van der Waals surface area contributed by atoms with Crippen molar-refractivity contribution in [3.8, 4) is 11.5 Å². The van der Waals surface area contributed by atoms with E-state index in [1.807, 2.05) is 0 Å². The smallest absolute Gasteiger partial charge is 0.261 e. The van der Waals surface area contributed by atoms with Crippen molar-refractivity contribution in [1.29, 1.82) is 0 Å². The Labute approximate surface area is 113 Å². The fraction of sp³-hybridized carbons (Fsp3) is 0.385. The second kappa shape index (κ2) is 5.24. The molecule has 4 nitrogen and oxygen atoms in total. The first-order chi connectivity index (χ1) is 9.66. The molecule has 1 aromatic heterocycles. The van der Waals surface area contributed by atoms with Gasteiger partial charge in [0.25, 0.3) is 5.89 Å².